The molecule has 1 aliphatic heterocycles. The van der Waals surface area contributed by atoms with Crippen LogP contribution in [0.4, 0.5) is 10.1 Å². The van der Waals surface area contributed by atoms with E-state index in [2.05, 4.69) is 0 Å². The van der Waals surface area contributed by atoms with Crippen LogP contribution in [0.15, 0.2) is 72.8 Å². The van der Waals surface area contributed by atoms with Crippen LogP contribution in [0.2, 0.25) is 0 Å². The van der Waals surface area contributed by atoms with E-state index >= 15 is 0 Å². The van der Waals surface area contributed by atoms with E-state index in [1.807, 2.05) is 36.4 Å². The van der Waals surface area contributed by atoms with E-state index in [4.69, 9.17) is 0 Å². The Morgan fingerprint density at radius 2 is 1.86 bits per heavy atom. The number of carbonyl (C=O) groups excluding carboxylic acids is 1. The first-order valence-corrected chi connectivity index (χ1v) is 9.50. The van der Waals surface area contributed by atoms with Gasteiger partial charge in [0.15, 0.2) is 0 Å². The maximum absolute atomic E-state index is 13.7. The van der Waals surface area contributed by atoms with Gasteiger partial charge in [-0.3, -0.25) is 4.79 Å². The monoisotopic (exact) mass is 387 g/mol. The molecule has 3 aromatic carbocycles. The van der Waals surface area contributed by atoms with Gasteiger partial charge >= 0.3 is 5.97 Å². The fourth-order valence-electron chi connectivity index (χ4n) is 4.62. The Hall–Kier alpha value is -3.47. The van der Waals surface area contributed by atoms with Crippen molar-refractivity contribution in [2.45, 2.75) is 24.3 Å². The topological polar surface area (TPSA) is 57.6 Å². The summed E-state index contributed by atoms with van der Waals surface area (Å²) in [6, 6.07) is 20.8. The van der Waals surface area contributed by atoms with Crippen LogP contribution in [0, 0.1) is 5.82 Å². The summed E-state index contributed by atoms with van der Waals surface area (Å²) < 4.78 is 13.7. The number of nitrogens with zero attached hydrogens (tertiary/aromatic N) is 1. The number of carboxylic acids is 1. The van der Waals surface area contributed by atoms with Gasteiger partial charge in [0.2, 0.25) is 5.91 Å². The van der Waals surface area contributed by atoms with Crippen molar-refractivity contribution in [2.24, 2.45) is 0 Å². The maximum atomic E-state index is 13.7. The number of aromatic carboxylic acids is 1. The van der Waals surface area contributed by atoms with Crippen LogP contribution >= 0.6 is 0 Å². The van der Waals surface area contributed by atoms with Gasteiger partial charge in [-0.15, -0.1) is 0 Å². The first kappa shape index (κ1) is 17.6. The van der Waals surface area contributed by atoms with Gasteiger partial charge in [0.05, 0.1) is 17.5 Å². The largest absolute Gasteiger partial charge is 0.478 e. The van der Waals surface area contributed by atoms with Crippen molar-refractivity contribution in [1.29, 1.82) is 0 Å². The zero-order valence-corrected chi connectivity index (χ0v) is 15.5. The number of para-hydroxylation sites is 1. The lowest BCUT2D eigenvalue weighted by Crippen LogP contribution is -2.32. The minimum Gasteiger partial charge on any atom is -0.478 e. The first-order chi connectivity index (χ1) is 14.0. The summed E-state index contributed by atoms with van der Waals surface area (Å²) in [7, 11) is 0. The molecule has 144 valence electrons. The Balaban J connectivity index is 1.52. The van der Waals surface area contributed by atoms with Crippen LogP contribution in [-0.4, -0.2) is 17.0 Å². The lowest BCUT2D eigenvalue weighted by atomic mass is 9.92. The molecule has 2 atom stereocenters. The number of hydrogen-bond donors (Lipinski definition) is 1. The molecule has 0 bridgehead atoms. The number of amides is 1. The predicted molar refractivity (Wildman–Crippen MR) is 106 cm³/mol. The summed E-state index contributed by atoms with van der Waals surface area (Å²) in [6.45, 7) is 0.300. The maximum Gasteiger partial charge on any atom is 0.335 e. The molecule has 29 heavy (non-hydrogen) atoms. The number of halogens is 1. The molecule has 0 aromatic heterocycles. The molecule has 3 aromatic rings. The van der Waals surface area contributed by atoms with E-state index in [1.54, 1.807) is 23.1 Å². The quantitative estimate of drug-likeness (QED) is 0.717. The average molecular weight is 387 g/mol. The third kappa shape index (κ3) is 2.65. The molecule has 1 amide bonds. The minimum absolute atomic E-state index is 0.00584. The van der Waals surface area contributed by atoms with Crippen LogP contribution in [0.3, 0.4) is 0 Å². The lowest BCUT2D eigenvalue weighted by Gasteiger charge is -2.19. The molecule has 1 N–H and O–H groups in total. The molecule has 4 nitrogen and oxygen atoms in total. The van der Waals surface area contributed by atoms with Crippen molar-refractivity contribution in [2.75, 3.05) is 4.90 Å². The summed E-state index contributed by atoms with van der Waals surface area (Å²) >= 11 is 0. The predicted octanol–water partition coefficient (Wildman–Crippen LogP) is 4.50. The highest BCUT2D eigenvalue weighted by Crippen LogP contribution is 2.66. The van der Waals surface area contributed by atoms with Crippen LogP contribution in [0.5, 0.6) is 0 Å². The molecule has 1 saturated carbocycles. The molecule has 0 saturated heterocycles. The number of rotatable bonds is 4. The van der Waals surface area contributed by atoms with Gasteiger partial charge in [0, 0.05) is 11.6 Å². The van der Waals surface area contributed by atoms with Gasteiger partial charge < -0.3 is 10.0 Å². The fourth-order valence-corrected chi connectivity index (χ4v) is 4.62. The summed E-state index contributed by atoms with van der Waals surface area (Å²) in [5.74, 6) is -1.36. The minimum atomic E-state index is -0.996. The number of anilines is 1. The second kappa shape index (κ2) is 6.27. The smallest absolute Gasteiger partial charge is 0.335 e. The van der Waals surface area contributed by atoms with Crippen molar-refractivity contribution in [1.82, 2.24) is 0 Å². The Morgan fingerprint density at radius 1 is 1.07 bits per heavy atom. The molecular weight excluding hydrogens is 369 g/mol. The molecule has 1 spiro atoms. The first-order valence-electron chi connectivity index (χ1n) is 9.50. The Kier molecular flexibility index (Phi) is 3.81. The van der Waals surface area contributed by atoms with Crippen molar-refractivity contribution >= 4 is 17.6 Å². The summed E-state index contributed by atoms with van der Waals surface area (Å²) in [6.07, 6.45) is 0.651. The van der Waals surface area contributed by atoms with Gasteiger partial charge in [-0.2, -0.15) is 0 Å². The average Bonchev–Trinajstić information content (AvgIpc) is 3.44. The molecule has 1 heterocycles. The van der Waals surface area contributed by atoms with Crippen LogP contribution < -0.4 is 4.90 Å². The van der Waals surface area contributed by atoms with Crippen LogP contribution in [0.25, 0.3) is 0 Å². The van der Waals surface area contributed by atoms with Crippen LogP contribution in [0.1, 0.15) is 39.4 Å². The van der Waals surface area contributed by atoms with Crippen molar-refractivity contribution in [3.63, 3.8) is 0 Å². The highest BCUT2D eigenvalue weighted by molar-refractivity contribution is 6.11. The fraction of sp³-hybridized carbons (Fsp3) is 0.167. The lowest BCUT2D eigenvalue weighted by molar-refractivity contribution is -0.120. The molecular formula is C24H18FNO3. The standard InChI is InChI=1S/C24H18FNO3/c25-18-8-4-6-16(12-18)20-13-24(20)19-9-1-2-10-21(19)26(23(24)29)14-15-5-3-7-17(11-15)22(27)28/h1-12,20H,13-14H2,(H,27,28)/t20-,24+/m0/s1. The van der Waals surface area contributed by atoms with E-state index in [0.29, 0.717) is 13.0 Å². The normalized spacial score (nSPS) is 22.0. The third-order valence-corrected chi connectivity index (χ3v) is 6.03. The van der Waals surface area contributed by atoms with E-state index in [1.165, 1.54) is 18.2 Å². The second-order valence-electron chi connectivity index (χ2n) is 7.70. The summed E-state index contributed by atoms with van der Waals surface area (Å²) in [5.41, 5.74) is 2.94. The molecule has 1 fully saturated rings. The van der Waals surface area contributed by atoms with E-state index in [-0.39, 0.29) is 23.2 Å². The highest BCUT2D eigenvalue weighted by atomic mass is 19.1. The number of carboxylic acid groups (broad SMARTS) is 1. The van der Waals surface area contributed by atoms with Gasteiger partial charge in [-0.1, -0.05) is 42.5 Å². The van der Waals surface area contributed by atoms with Crippen LogP contribution in [-0.2, 0) is 16.8 Å². The second-order valence-corrected chi connectivity index (χ2v) is 7.70. The Bertz CT molecular complexity index is 1160. The molecule has 1 aliphatic carbocycles. The number of benzene rings is 3. The Labute approximate surface area is 167 Å². The molecule has 0 unspecified atom stereocenters. The summed E-state index contributed by atoms with van der Waals surface area (Å²) in [5, 5.41) is 9.24. The zero-order valence-electron chi connectivity index (χ0n) is 15.5. The van der Waals surface area contributed by atoms with Crippen molar-refractivity contribution in [3.05, 3.63) is 101 Å². The van der Waals surface area contributed by atoms with Gasteiger partial charge in [0.25, 0.3) is 0 Å². The SMILES string of the molecule is O=C(O)c1cccc(CN2C(=O)[C@]3(C[C@H]3c3cccc(F)c3)c3ccccc32)c1. The van der Waals surface area contributed by atoms with Gasteiger partial charge in [-0.05, 0) is 53.4 Å². The molecule has 2 aliphatic rings. The van der Waals surface area contributed by atoms with Gasteiger partial charge in [0.1, 0.15) is 5.82 Å². The number of fused-ring (bicyclic) bond motifs is 2. The highest BCUT2D eigenvalue weighted by Gasteiger charge is 2.67. The summed E-state index contributed by atoms with van der Waals surface area (Å²) in [4.78, 5) is 26.6. The van der Waals surface area contributed by atoms with Gasteiger partial charge in [-0.25, -0.2) is 9.18 Å². The van der Waals surface area contributed by atoms with Crippen molar-refractivity contribution in [3.8, 4) is 0 Å². The van der Waals surface area contributed by atoms with Crippen molar-refractivity contribution < 1.29 is 19.1 Å². The van der Waals surface area contributed by atoms with E-state index in [0.717, 1.165) is 22.4 Å². The molecule has 5 rings (SSSR count). The number of carbonyl (C=O) groups is 2. The van der Waals surface area contributed by atoms with E-state index < -0.39 is 11.4 Å². The molecule has 5 heteroatoms. The third-order valence-electron chi connectivity index (χ3n) is 6.03. The zero-order chi connectivity index (χ0) is 20.2. The van der Waals surface area contributed by atoms with E-state index in [9.17, 15) is 19.1 Å². The molecule has 0 radical (unpaired) electrons. The Morgan fingerprint density at radius 3 is 2.66 bits per heavy atom. The number of hydrogen-bond acceptors (Lipinski definition) is 2.